The molecular weight excluding hydrogens is 786 g/mol. The number of imide groups is 2. The van der Waals surface area contributed by atoms with Crippen LogP contribution in [0.15, 0.2) is 67.0 Å². The second kappa shape index (κ2) is 16.7. The maximum absolute atomic E-state index is 13.4. The van der Waals surface area contributed by atoms with Crippen molar-refractivity contribution in [3.63, 3.8) is 0 Å². The average Bonchev–Trinajstić information content (AvgIpc) is 3.49. The number of rotatable bonds is 10. The Hall–Kier alpha value is -6.40. The quantitative estimate of drug-likeness (QED) is 0.220. The second-order valence-corrected chi connectivity index (χ2v) is 14.9. The molecule has 4 aliphatic heterocycles. The fourth-order valence-corrected chi connectivity index (χ4v) is 7.82. The fourth-order valence-electron chi connectivity index (χ4n) is 7.82. The van der Waals surface area contributed by atoms with Crippen molar-refractivity contribution < 1.29 is 46.6 Å². The molecule has 0 bridgehead atoms. The van der Waals surface area contributed by atoms with Gasteiger partial charge < -0.3 is 24.6 Å². The lowest BCUT2D eigenvalue weighted by atomic mass is 10.0. The molecule has 0 saturated carbocycles. The lowest BCUT2D eigenvalue weighted by Crippen LogP contribution is -2.54. The van der Waals surface area contributed by atoms with E-state index in [0.717, 1.165) is 28.4 Å². The number of fused-ring (bicyclic) bond motifs is 1. The van der Waals surface area contributed by atoms with Crippen molar-refractivity contribution in [2.75, 3.05) is 80.8 Å². The number of pyridine rings is 2. The van der Waals surface area contributed by atoms with Crippen LogP contribution in [0.3, 0.4) is 0 Å². The van der Waals surface area contributed by atoms with Crippen LogP contribution in [0.2, 0.25) is 0 Å². The number of morpholine rings is 1. The van der Waals surface area contributed by atoms with E-state index in [1.54, 1.807) is 24.4 Å². The zero-order valence-electron chi connectivity index (χ0n) is 32.6. The molecular formula is C42H41F3N8O7. The predicted molar refractivity (Wildman–Crippen MR) is 212 cm³/mol. The number of aromatic nitrogens is 2. The molecule has 2 aromatic heterocycles. The molecule has 8 rings (SSSR count). The Morgan fingerprint density at radius 3 is 2.40 bits per heavy atom. The molecule has 5 amide bonds. The van der Waals surface area contributed by atoms with Gasteiger partial charge in [0.15, 0.2) is 0 Å². The Balaban J connectivity index is 0.902. The number of piperazine rings is 1. The Morgan fingerprint density at radius 1 is 0.883 bits per heavy atom. The molecule has 4 aromatic rings. The smallest absolute Gasteiger partial charge is 0.416 e. The summed E-state index contributed by atoms with van der Waals surface area (Å²) in [6.07, 6.45) is -1.32. The third kappa shape index (κ3) is 8.37. The Kier molecular flexibility index (Phi) is 11.2. The molecule has 312 valence electrons. The highest BCUT2D eigenvalue weighted by Gasteiger charge is 2.45. The lowest BCUT2D eigenvalue weighted by molar-refractivity contribution is -0.138. The highest BCUT2D eigenvalue weighted by molar-refractivity contribution is 6.23. The first-order chi connectivity index (χ1) is 28.8. The first-order valence-corrected chi connectivity index (χ1v) is 19.6. The van der Waals surface area contributed by atoms with Crippen LogP contribution in [-0.4, -0.2) is 121 Å². The Bertz CT molecular complexity index is 2360. The van der Waals surface area contributed by atoms with Gasteiger partial charge in [0, 0.05) is 86.5 Å². The average molecular weight is 827 g/mol. The number of piperidine rings is 1. The maximum Gasteiger partial charge on any atom is 0.416 e. The van der Waals surface area contributed by atoms with Gasteiger partial charge >= 0.3 is 6.18 Å². The number of anilines is 3. The van der Waals surface area contributed by atoms with Crippen LogP contribution in [0.1, 0.15) is 55.2 Å². The van der Waals surface area contributed by atoms with Crippen molar-refractivity contribution in [3.05, 3.63) is 94.9 Å². The first-order valence-electron chi connectivity index (χ1n) is 19.6. The number of halogens is 3. The summed E-state index contributed by atoms with van der Waals surface area (Å²) in [5.41, 5.74) is 3.34. The summed E-state index contributed by atoms with van der Waals surface area (Å²) in [5.74, 6) is -2.40. The number of hydrogen-bond donors (Lipinski definition) is 2. The molecule has 0 aliphatic carbocycles. The van der Waals surface area contributed by atoms with E-state index in [2.05, 4.69) is 30.3 Å². The zero-order valence-corrected chi connectivity index (χ0v) is 32.6. The van der Waals surface area contributed by atoms with E-state index in [-0.39, 0.29) is 29.5 Å². The monoisotopic (exact) mass is 826 g/mol. The van der Waals surface area contributed by atoms with Gasteiger partial charge in [-0.05, 0) is 61.9 Å². The number of alkyl halides is 3. The summed E-state index contributed by atoms with van der Waals surface area (Å²) in [5, 5.41) is 4.88. The highest BCUT2D eigenvalue weighted by atomic mass is 19.4. The van der Waals surface area contributed by atoms with Crippen LogP contribution in [0, 0.1) is 6.92 Å². The van der Waals surface area contributed by atoms with Crippen molar-refractivity contribution in [2.45, 2.75) is 32.0 Å². The largest absolute Gasteiger partial charge is 0.475 e. The van der Waals surface area contributed by atoms with Gasteiger partial charge in [0.1, 0.15) is 18.3 Å². The van der Waals surface area contributed by atoms with Gasteiger partial charge in [-0.15, -0.1) is 0 Å². The molecule has 3 fully saturated rings. The summed E-state index contributed by atoms with van der Waals surface area (Å²) in [6, 6.07) is 12.0. The third-order valence-corrected chi connectivity index (χ3v) is 11.1. The molecule has 1 atom stereocenters. The van der Waals surface area contributed by atoms with Crippen LogP contribution in [0.25, 0.3) is 11.1 Å². The van der Waals surface area contributed by atoms with Crippen molar-refractivity contribution in [3.8, 4) is 17.0 Å². The number of carbonyl (C=O) groups is 5. The molecule has 2 aromatic carbocycles. The summed E-state index contributed by atoms with van der Waals surface area (Å²) in [6.45, 7) is 7.83. The highest BCUT2D eigenvalue weighted by Crippen LogP contribution is 2.35. The molecule has 4 aliphatic rings. The van der Waals surface area contributed by atoms with E-state index in [9.17, 15) is 37.1 Å². The molecule has 0 radical (unpaired) electrons. The maximum atomic E-state index is 13.4. The van der Waals surface area contributed by atoms with Crippen molar-refractivity contribution in [1.82, 2.24) is 25.1 Å². The molecule has 3 saturated heterocycles. The number of amides is 5. The normalized spacial score (nSPS) is 18.7. The van der Waals surface area contributed by atoms with E-state index in [0.29, 0.717) is 94.0 Å². The van der Waals surface area contributed by atoms with E-state index < -0.39 is 47.3 Å². The SMILES string of the molecule is Cc1ncc(NC(=O)c2cccc(C(F)(F)F)c2)cc1-c1cnc(OCCN2CCN(c3ccc4c(c3)C(=O)N(C3CCC(=O)NC3=O)C4=O)CC2)c(N2CCOCC2)c1. The van der Waals surface area contributed by atoms with Gasteiger partial charge in [0.2, 0.25) is 17.7 Å². The molecule has 15 nitrogen and oxygen atoms in total. The minimum atomic E-state index is -4.58. The molecule has 60 heavy (non-hydrogen) atoms. The minimum Gasteiger partial charge on any atom is -0.475 e. The van der Waals surface area contributed by atoms with Crippen LogP contribution in [0.4, 0.5) is 30.2 Å². The number of carbonyl (C=O) groups excluding carboxylic acids is 5. The van der Waals surface area contributed by atoms with Gasteiger partial charge in [-0.2, -0.15) is 13.2 Å². The number of hydrogen-bond acceptors (Lipinski definition) is 12. The van der Waals surface area contributed by atoms with Crippen molar-refractivity contribution in [1.29, 1.82) is 0 Å². The van der Waals surface area contributed by atoms with Crippen LogP contribution in [0.5, 0.6) is 5.88 Å². The minimum absolute atomic E-state index is 0.0549. The standard InChI is InChI=1S/C42H41F3N8O7/c1-25-32(21-29(24-46-25)48-37(55)26-3-2-4-28(19-26)42(43,44)45)27-20-35(52-14-16-59-17-15-52)39(47-23-27)60-18-13-50-9-11-51(12-10-50)30-5-6-31-33(22-30)41(58)53(40(31)57)34-7-8-36(54)49-38(34)56/h2-6,19-24,34H,7-18H2,1H3,(H,48,55)(H,49,54,56). The van der Waals surface area contributed by atoms with E-state index in [1.807, 2.05) is 19.1 Å². The molecule has 1 unspecified atom stereocenters. The van der Waals surface area contributed by atoms with Crippen molar-refractivity contribution >= 4 is 46.6 Å². The van der Waals surface area contributed by atoms with Gasteiger partial charge in [0.05, 0.1) is 41.8 Å². The number of aryl methyl sites for hydroxylation is 1. The predicted octanol–water partition coefficient (Wildman–Crippen LogP) is 4.16. The summed E-state index contributed by atoms with van der Waals surface area (Å²) in [4.78, 5) is 80.2. The fraction of sp³-hybridized carbons (Fsp3) is 0.357. The summed E-state index contributed by atoms with van der Waals surface area (Å²) in [7, 11) is 0. The first kappa shape index (κ1) is 40.4. The lowest BCUT2D eigenvalue weighted by Gasteiger charge is -2.36. The van der Waals surface area contributed by atoms with Gasteiger partial charge in [-0.25, -0.2) is 4.98 Å². The third-order valence-electron chi connectivity index (χ3n) is 11.1. The Morgan fingerprint density at radius 2 is 1.65 bits per heavy atom. The summed E-state index contributed by atoms with van der Waals surface area (Å²) >= 11 is 0. The van der Waals surface area contributed by atoms with Gasteiger partial charge in [0.25, 0.3) is 17.7 Å². The molecule has 6 heterocycles. The zero-order chi connectivity index (χ0) is 42.1. The topological polar surface area (TPSA) is 167 Å². The Labute approximate surface area is 342 Å². The van der Waals surface area contributed by atoms with E-state index in [1.165, 1.54) is 18.3 Å². The molecule has 0 spiro atoms. The second-order valence-electron chi connectivity index (χ2n) is 14.9. The van der Waals surface area contributed by atoms with Gasteiger partial charge in [-0.1, -0.05) is 6.07 Å². The van der Waals surface area contributed by atoms with E-state index in [4.69, 9.17) is 14.5 Å². The molecule has 2 N–H and O–H groups in total. The van der Waals surface area contributed by atoms with E-state index >= 15 is 0 Å². The van der Waals surface area contributed by atoms with Crippen LogP contribution >= 0.6 is 0 Å². The number of ether oxygens (including phenoxy) is 2. The van der Waals surface area contributed by atoms with Gasteiger partial charge in [-0.3, -0.25) is 44.1 Å². The number of nitrogens with zero attached hydrogens (tertiary/aromatic N) is 6. The summed E-state index contributed by atoms with van der Waals surface area (Å²) < 4.78 is 51.7. The number of nitrogens with one attached hydrogen (secondary N) is 2. The van der Waals surface area contributed by atoms with Crippen molar-refractivity contribution in [2.24, 2.45) is 0 Å². The van der Waals surface area contributed by atoms with Crippen LogP contribution in [-0.2, 0) is 20.5 Å². The molecule has 18 heteroatoms. The number of benzene rings is 2. The van der Waals surface area contributed by atoms with Crippen LogP contribution < -0.4 is 25.2 Å².